The molecule has 0 saturated heterocycles. The molecule has 0 bridgehead atoms. The fraction of sp³-hybridized carbons (Fsp3) is 0.889. The molecule has 3 unspecified atom stereocenters. The lowest BCUT2D eigenvalue weighted by atomic mass is 9.81. The molecule has 1 aliphatic carbocycles. The van der Waals surface area contributed by atoms with E-state index < -0.39 is 6.10 Å². The smallest absolute Gasteiger partial charge is 0.158 e. The second-order valence-corrected chi connectivity index (χ2v) is 3.81. The molecule has 1 saturated carbocycles. The van der Waals surface area contributed by atoms with Crippen LogP contribution in [0.3, 0.4) is 0 Å². The lowest BCUT2D eigenvalue weighted by Crippen LogP contribution is -2.38. The second-order valence-electron chi connectivity index (χ2n) is 3.81. The van der Waals surface area contributed by atoms with Crippen molar-refractivity contribution in [2.24, 2.45) is 5.92 Å². The zero-order valence-electron chi connectivity index (χ0n) is 7.86. The molecule has 0 spiro atoms. The molecular weight excluding hydrogens is 170 g/mol. The van der Waals surface area contributed by atoms with Crippen LogP contribution >= 0.6 is 0 Å². The Balaban J connectivity index is 2.46. The third kappa shape index (κ3) is 2.76. The van der Waals surface area contributed by atoms with Gasteiger partial charge in [0.1, 0.15) is 6.10 Å². The van der Waals surface area contributed by atoms with Gasteiger partial charge in [0.15, 0.2) is 5.78 Å². The number of ketones is 1. The number of Topliss-reactive ketones (excluding diaryl/α,β-unsaturated/α-hetero) is 1. The minimum atomic E-state index is -0.851. The summed E-state index contributed by atoms with van der Waals surface area (Å²) in [5, 5.41) is 18.2. The summed E-state index contributed by atoms with van der Waals surface area (Å²) in [5.41, 5.74) is 2.21. The Morgan fingerprint density at radius 2 is 2.23 bits per heavy atom. The van der Waals surface area contributed by atoms with E-state index in [-0.39, 0.29) is 17.7 Å². The summed E-state index contributed by atoms with van der Waals surface area (Å²) in [6, 6.07) is 0.0350. The van der Waals surface area contributed by atoms with Gasteiger partial charge in [-0.2, -0.15) is 0 Å². The minimum absolute atomic E-state index is 0.0101. The van der Waals surface area contributed by atoms with E-state index in [2.05, 4.69) is 5.48 Å². The molecule has 3 atom stereocenters. The summed E-state index contributed by atoms with van der Waals surface area (Å²) in [5.74, 6) is -0.167. The maximum atomic E-state index is 10.9. The van der Waals surface area contributed by atoms with Crippen LogP contribution in [0.2, 0.25) is 0 Å². The third-order valence-electron chi connectivity index (χ3n) is 2.76. The van der Waals surface area contributed by atoms with Crippen molar-refractivity contribution in [2.45, 2.75) is 44.8 Å². The van der Waals surface area contributed by atoms with Crippen molar-refractivity contribution in [3.63, 3.8) is 0 Å². The van der Waals surface area contributed by atoms with Gasteiger partial charge in [-0.15, -0.1) is 0 Å². The number of carbonyl (C=O) groups is 1. The Morgan fingerprint density at radius 1 is 1.54 bits per heavy atom. The SMILES string of the molecule is CC(=O)C(O)C1CCCC(NO)C1. The van der Waals surface area contributed by atoms with Crippen LogP contribution in [-0.4, -0.2) is 28.2 Å². The van der Waals surface area contributed by atoms with Crippen molar-refractivity contribution >= 4 is 5.78 Å². The van der Waals surface area contributed by atoms with Crippen molar-refractivity contribution in [1.29, 1.82) is 0 Å². The lowest BCUT2D eigenvalue weighted by molar-refractivity contribution is -0.128. The van der Waals surface area contributed by atoms with Crippen LogP contribution in [0.1, 0.15) is 32.6 Å². The van der Waals surface area contributed by atoms with Crippen LogP contribution in [0.15, 0.2) is 0 Å². The van der Waals surface area contributed by atoms with Gasteiger partial charge in [0, 0.05) is 6.04 Å². The van der Waals surface area contributed by atoms with Gasteiger partial charge in [0.05, 0.1) is 0 Å². The van der Waals surface area contributed by atoms with E-state index in [9.17, 15) is 9.90 Å². The summed E-state index contributed by atoms with van der Waals surface area (Å²) in [7, 11) is 0. The number of aliphatic hydroxyl groups excluding tert-OH is 1. The first-order chi connectivity index (χ1) is 6.15. The van der Waals surface area contributed by atoms with Gasteiger partial charge in [-0.05, 0) is 32.1 Å². The Kier molecular flexibility index (Phi) is 3.84. The van der Waals surface area contributed by atoms with Crippen molar-refractivity contribution in [3.8, 4) is 0 Å². The van der Waals surface area contributed by atoms with E-state index in [1.165, 1.54) is 6.92 Å². The first-order valence-electron chi connectivity index (χ1n) is 4.73. The highest BCUT2D eigenvalue weighted by atomic mass is 16.5. The Hall–Kier alpha value is -0.450. The molecule has 0 radical (unpaired) electrons. The Labute approximate surface area is 77.9 Å². The van der Waals surface area contributed by atoms with Gasteiger partial charge in [0.25, 0.3) is 0 Å². The van der Waals surface area contributed by atoms with Gasteiger partial charge >= 0.3 is 0 Å². The molecule has 0 aromatic rings. The average molecular weight is 187 g/mol. The van der Waals surface area contributed by atoms with E-state index >= 15 is 0 Å². The summed E-state index contributed by atoms with van der Waals surface area (Å²) < 4.78 is 0. The molecule has 0 heterocycles. The molecule has 1 aliphatic rings. The van der Waals surface area contributed by atoms with E-state index in [1.807, 2.05) is 0 Å². The Bertz CT molecular complexity index is 184. The summed E-state index contributed by atoms with van der Waals surface area (Å²) in [6.45, 7) is 1.40. The number of hydroxylamine groups is 1. The van der Waals surface area contributed by atoms with Crippen LogP contribution < -0.4 is 5.48 Å². The average Bonchev–Trinajstić information content (AvgIpc) is 2.16. The van der Waals surface area contributed by atoms with Crippen molar-refractivity contribution < 1.29 is 15.1 Å². The standard InChI is InChI=1S/C9H17NO3/c1-6(11)9(12)7-3-2-4-8(5-7)10-13/h7-10,12-13H,2-5H2,1H3. The number of rotatable bonds is 3. The largest absolute Gasteiger partial charge is 0.385 e. The number of aliphatic hydroxyl groups is 1. The molecule has 1 fully saturated rings. The molecule has 4 nitrogen and oxygen atoms in total. The fourth-order valence-corrected chi connectivity index (χ4v) is 1.96. The minimum Gasteiger partial charge on any atom is -0.385 e. The van der Waals surface area contributed by atoms with Crippen molar-refractivity contribution in [3.05, 3.63) is 0 Å². The van der Waals surface area contributed by atoms with Crippen LogP contribution in [0.25, 0.3) is 0 Å². The highest BCUT2D eigenvalue weighted by molar-refractivity contribution is 5.80. The fourth-order valence-electron chi connectivity index (χ4n) is 1.96. The quantitative estimate of drug-likeness (QED) is 0.562. The monoisotopic (exact) mass is 187 g/mol. The molecular formula is C9H17NO3. The third-order valence-corrected chi connectivity index (χ3v) is 2.76. The van der Waals surface area contributed by atoms with Gasteiger partial charge in [-0.25, -0.2) is 5.48 Å². The molecule has 4 heteroatoms. The summed E-state index contributed by atoms with van der Waals surface area (Å²) in [6.07, 6.45) is 2.57. The van der Waals surface area contributed by atoms with Crippen LogP contribution in [-0.2, 0) is 4.79 Å². The van der Waals surface area contributed by atoms with E-state index in [0.717, 1.165) is 19.3 Å². The highest BCUT2D eigenvalue weighted by Gasteiger charge is 2.29. The second kappa shape index (κ2) is 4.69. The number of nitrogens with one attached hydrogen (secondary N) is 1. The first-order valence-corrected chi connectivity index (χ1v) is 4.73. The first kappa shape index (κ1) is 10.6. The molecule has 0 amide bonds. The molecule has 3 N–H and O–H groups in total. The van der Waals surface area contributed by atoms with Gasteiger partial charge in [-0.1, -0.05) is 6.42 Å². The normalized spacial score (nSPS) is 31.3. The maximum absolute atomic E-state index is 10.9. The zero-order valence-corrected chi connectivity index (χ0v) is 7.86. The number of hydrogen-bond donors (Lipinski definition) is 3. The predicted molar refractivity (Wildman–Crippen MR) is 47.4 cm³/mol. The zero-order chi connectivity index (χ0) is 9.84. The van der Waals surface area contributed by atoms with Crippen LogP contribution in [0, 0.1) is 5.92 Å². The van der Waals surface area contributed by atoms with Crippen molar-refractivity contribution in [2.75, 3.05) is 0 Å². The van der Waals surface area contributed by atoms with Gasteiger partial charge < -0.3 is 10.3 Å². The Morgan fingerprint density at radius 3 is 2.77 bits per heavy atom. The summed E-state index contributed by atoms with van der Waals surface area (Å²) >= 11 is 0. The molecule has 76 valence electrons. The van der Waals surface area contributed by atoms with Crippen molar-refractivity contribution in [1.82, 2.24) is 5.48 Å². The molecule has 13 heavy (non-hydrogen) atoms. The summed E-state index contributed by atoms with van der Waals surface area (Å²) in [4.78, 5) is 10.9. The highest BCUT2D eigenvalue weighted by Crippen LogP contribution is 2.27. The van der Waals surface area contributed by atoms with Gasteiger partial charge in [-0.3, -0.25) is 4.79 Å². The van der Waals surface area contributed by atoms with Gasteiger partial charge in [0.2, 0.25) is 0 Å². The van der Waals surface area contributed by atoms with Crippen LogP contribution in [0.4, 0.5) is 0 Å². The molecule has 0 aromatic heterocycles. The number of carbonyl (C=O) groups excluding carboxylic acids is 1. The molecule has 0 aliphatic heterocycles. The van der Waals surface area contributed by atoms with E-state index in [1.54, 1.807) is 0 Å². The van der Waals surface area contributed by atoms with E-state index in [0.29, 0.717) is 6.42 Å². The van der Waals surface area contributed by atoms with E-state index in [4.69, 9.17) is 5.21 Å². The van der Waals surface area contributed by atoms with Crippen LogP contribution in [0.5, 0.6) is 0 Å². The predicted octanol–water partition coefficient (Wildman–Crippen LogP) is 0.474. The maximum Gasteiger partial charge on any atom is 0.158 e. The topological polar surface area (TPSA) is 69.6 Å². The molecule has 0 aromatic carbocycles. The lowest BCUT2D eigenvalue weighted by Gasteiger charge is -2.30. The number of hydrogen-bond acceptors (Lipinski definition) is 4. The molecule has 1 rings (SSSR count).